The molecule has 432 valence electrons. The molecule has 0 spiro atoms. The van der Waals surface area contributed by atoms with Crippen molar-refractivity contribution >= 4 is 93.6 Å². The van der Waals surface area contributed by atoms with Gasteiger partial charge in [0.15, 0.2) is 23.0 Å². The first-order valence-electron chi connectivity index (χ1n) is 26.9. The quantitative estimate of drug-likeness (QED) is 0.0325. The predicted octanol–water partition coefficient (Wildman–Crippen LogP) is 8.05. The Bertz CT molecular complexity index is 3550. The van der Waals surface area contributed by atoms with Gasteiger partial charge in [-0.1, -0.05) is 51.3 Å². The molecular formula is C62H62N10O12. The lowest BCUT2D eigenvalue weighted by Crippen LogP contribution is -2.53. The number of fused-ring (bicyclic) bond motifs is 4. The van der Waals surface area contributed by atoms with Crippen LogP contribution >= 0.6 is 0 Å². The minimum Gasteiger partial charge on any atom is -0.497 e. The number of pyridine rings is 1. The van der Waals surface area contributed by atoms with E-state index in [2.05, 4.69) is 44.7 Å². The van der Waals surface area contributed by atoms with E-state index >= 15 is 0 Å². The molecule has 0 saturated heterocycles. The standard InChI is InChI=1S/C62H62N10O12/c1-9-55(73)68-53-24-38(25-54(67-53)69-56(74)10-2)59(76)70-57(34(3)4)60(77)65-35(5)58(75)66-41-16-12-36(13-17-41)39-22-42-30-63-47-28-51(49(81-7)26-45(47)61(78)71(42)32-39)83-20-11-21-84-52-29-48-46(27-50(52)82-8)62(79)72-33-40(23-43(72)31-64-48)37-14-18-44(80-6)19-15-37/h9-10,12-19,24-35,42-43,57H,1-2,11,20-23H2,3-8H3,(H,65,77)(H,66,75)(H,70,76)(H2,67,68,69,73,74)/t35-,42-,43-,57-/m0/s1. The zero-order valence-electron chi connectivity index (χ0n) is 47.0. The first-order valence-corrected chi connectivity index (χ1v) is 26.9. The third kappa shape index (κ3) is 13.0. The molecule has 4 aliphatic rings. The van der Waals surface area contributed by atoms with Gasteiger partial charge in [0, 0.05) is 67.5 Å². The highest BCUT2D eigenvalue weighted by molar-refractivity contribution is 6.08. The van der Waals surface area contributed by atoms with Crippen molar-refractivity contribution in [2.45, 2.75) is 64.2 Å². The molecule has 0 unspecified atom stereocenters. The molecule has 22 heteroatoms. The van der Waals surface area contributed by atoms with Crippen molar-refractivity contribution in [3.63, 3.8) is 0 Å². The second-order valence-corrected chi connectivity index (χ2v) is 20.2. The topological polar surface area (TPSA) is 270 Å². The number of carbonyl (C=O) groups excluding carboxylic acids is 7. The van der Waals surface area contributed by atoms with Gasteiger partial charge in [0.2, 0.25) is 23.6 Å². The summed E-state index contributed by atoms with van der Waals surface area (Å²) in [5.74, 6) is -1.78. The van der Waals surface area contributed by atoms with Crippen molar-refractivity contribution in [2.75, 3.05) is 50.5 Å². The van der Waals surface area contributed by atoms with Gasteiger partial charge in [0.1, 0.15) is 29.5 Å². The minimum absolute atomic E-state index is 0.0299. The molecule has 5 heterocycles. The summed E-state index contributed by atoms with van der Waals surface area (Å²) in [6.07, 6.45) is 10.7. The Hall–Kier alpha value is -10.4. The lowest BCUT2D eigenvalue weighted by molar-refractivity contribution is -0.128. The van der Waals surface area contributed by atoms with Crippen molar-refractivity contribution in [3.05, 3.63) is 150 Å². The van der Waals surface area contributed by atoms with E-state index in [1.807, 2.05) is 42.6 Å². The number of aromatic nitrogens is 1. The van der Waals surface area contributed by atoms with E-state index in [4.69, 9.17) is 33.7 Å². The van der Waals surface area contributed by atoms with Gasteiger partial charge in [-0.3, -0.25) is 43.5 Å². The van der Waals surface area contributed by atoms with E-state index in [0.717, 1.165) is 40.2 Å². The summed E-state index contributed by atoms with van der Waals surface area (Å²) < 4.78 is 29.0. The fraction of sp³-hybridized carbons (Fsp3) is 0.258. The van der Waals surface area contributed by atoms with E-state index in [-0.39, 0.29) is 54.3 Å². The molecule has 4 atom stereocenters. The first-order chi connectivity index (χ1) is 40.5. The van der Waals surface area contributed by atoms with Crippen LogP contribution in [0.4, 0.5) is 28.7 Å². The van der Waals surface area contributed by atoms with Gasteiger partial charge in [-0.25, -0.2) is 4.98 Å². The number of hydrogen-bond donors (Lipinski definition) is 5. The first kappa shape index (κ1) is 58.3. The zero-order chi connectivity index (χ0) is 59.8. The van der Waals surface area contributed by atoms with Crippen molar-refractivity contribution in [1.82, 2.24) is 25.4 Å². The van der Waals surface area contributed by atoms with Crippen LogP contribution in [0, 0.1) is 5.92 Å². The molecule has 4 aliphatic heterocycles. The molecule has 1 aromatic heterocycles. The van der Waals surface area contributed by atoms with E-state index in [0.29, 0.717) is 70.4 Å². The molecule has 0 fully saturated rings. The van der Waals surface area contributed by atoms with E-state index < -0.39 is 47.5 Å². The molecule has 7 amide bonds. The molecule has 84 heavy (non-hydrogen) atoms. The summed E-state index contributed by atoms with van der Waals surface area (Å²) in [7, 11) is 4.63. The highest BCUT2D eigenvalue weighted by Crippen LogP contribution is 2.42. The molecule has 9 rings (SSSR count). The van der Waals surface area contributed by atoms with Gasteiger partial charge < -0.3 is 60.1 Å². The normalized spacial score (nSPS) is 16.2. The van der Waals surface area contributed by atoms with Crippen molar-refractivity contribution in [2.24, 2.45) is 15.9 Å². The molecule has 5 aromatic rings. The molecular weight excluding hydrogens is 1080 g/mol. The number of amides is 7. The molecule has 4 aromatic carbocycles. The van der Waals surface area contributed by atoms with Gasteiger partial charge in [-0.05, 0) is 95.8 Å². The lowest BCUT2D eigenvalue weighted by Gasteiger charge is -2.24. The maximum Gasteiger partial charge on any atom is 0.260 e. The van der Waals surface area contributed by atoms with Crippen LogP contribution in [0.3, 0.4) is 0 Å². The van der Waals surface area contributed by atoms with Crippen LogP contribution in [-0.4, -0.2) is 127 Å². The van der Waals surface area contributed by atoms with Gasteiger partial charge in [0.25, 0.3) is 17.7 Å². The monoisotopic (exact) mass is 1140 g/mol. The van der Waals surface area contributed by atoms with E-state index in [9.17, 15) is 33.6 Å². The fourth-order valence-electron chi connectivity index (χ4n) is 9.66. The number of benzene rings is 4. The van der Waals surface area contributed by atoms with Crippen LogP contribution in [0.2, 0.25) is 0 Å². The molecule has 0 bridgehead atoms. The highest BCUT2D eigenvalue weighted by Gasteiger charge is 2.36. The number of nitrogens with one attached hydrogen (secondary N) is 5. The summed E-state index contributed by atoms with van der Waals surface area (Å²) in [6, 6.07) is 21.2. The van der Waals surface area contributed by atoms with Crippen LogP contribution in [0.25, 0.3) is 11.1 Å². The van der Waals surface area contributed by atoms with Crippen molar-refractivity contribution in [3.8, 4) is 28.7 Å². The zero-order valence-corrected chi connectivity index (χ0v) is 47.0. The average Bonchev–Trinajstić information content (AvgIpc) is 2.95. The van der Waals surface area contributed by atoms with Gasteiger partial charge >= 0.3 is 0 Å². The van der Waals surface area contributed by atoms with Crippen LogP contribution in [-0.2, 0) is 19.2 Å². The Morgan fingerprint density at radius 1 is 0.619 bits per heavy atom. The SMILES string of the molecule is C=CC(=O)Nc1cc(C(=O)N[C@H](C(=O)N[C@@H](C)C(=O)Nc2ccc(C3=CN4C(=O)c5cc(OC)c(OCCCOc6cc7c(cc6OC)C(=O)N6C=C(c8ccc(OC)cc8)C[C@H]6C=N7)cc5N=C[C@@H]4C3)cc2)C(C)C)cc(NC(=O)C=C)n1. The molecule has 5 N–H and O–H groups in total. The molecule has 0 radical (unpaired) electrons. The number of nitrogens with zero attached hydrogens (tertiary/aromatic N) is 5. The van der Waals surface area contributed by atoms with Crippen LogP contribution in [0.15, 0.2) is 133 Å². The Morgan fingerprint density at radius 3 is 1.56 bits per heavy atom. The van der Waals surface area contributed by atoms with Crippen LogP contribution in [0.1, 0.15) is 82.2 Å². The second-order valence-electron chi connectivity index (χ2n) is 20.2. The Morgan fingerprint density at radius 2 is 1.11 bits per heavy atom. The predicted molar refractivity (Wildman–Crippen MR) is 317 cm³/mol. The Balaban J connectivity index is 0.769. The number of carbonyl (C=O) groups is 7. The maximum absolute atomic E-state index is 14.2. The smallest absolute Gasteiger partial charge is 0.260 e. The molecule has 0 aliphatic carbocycles. The Labute approximate surface area is 484 Å². The number of anilines is 3. The third-order valence-electron chi connectivity index (χ3n) is 14.2. The molecule has 22 nitrogen and oxygen atoms in total. The summed E-state index contributed by atoms with van der Waals surface area (Å²) in [4.78, 5) is 109. The maximum atomic E-state index is 14.2. The van der Waals surface area contributed by atoms with Crippen molar-refractivity contribution in [1.29, 1.82) is 0 Å². The van der Waals surface area contributed by atoms with Crippen LogP contribution < -0.4 is 50.3 Å². The molecule has 0 saturated carbocycles. The summed E-state index contributed by atoms with van der Waals surface area (Å²) in [6.45, 7) is 12.2. The summed E-state index contributed by atoms with van der Waals surface area (Å²) in [5.41, 5.74) is 5.74. The van der Waals surface area contributed by atoms with E-state index in [1.54, 1.807) is 85.8 Å². The fourth-order valence-corrected chi connectivity index (χ4v) is 9.66. The van der Waals surface area contributed by atoms with Gasteiger partial charge in [-0.2, -0.15) is 0 Å². The number of aliphatic imine (C=N–C) groups is 2. The van der Waals surface area contributed by atoms with Crippen LogP contribution in [0.5, 0.6) is 28.7 Å². The highest BCUT2D eigenvalue weighted by atomic mass is 16.5. The van der Waals surface area contributed by atoms with Gasteiger partial charge in [-0.15, -0.1) is 0 Å². The number of hydrogen-bond acceptors (Lipinski definition) is 15. The lowest BCUT2D eigenvalue weighted by atomic mass is 10.0. The number of rotatable bonds is 22. The summed E-state index contributed by atoms with van der Waals surface area (Å²) >= 11 is 0. The van der Waals surface area contributed by atoms with Gasteiger partial charge in [0.05, 0.1) is 69.1 Å². The second kappa shape index (κ2) is 25.6. The van der Waals surface area contributed by atoms with Crippen molar-refractivity contribution < 1.29 is 57.2 Å². The minimum atomic E-state index is -1.10. The number of ether oxygens (including phenoxy) is 5. The number of methoxy groups -OCH3 is 3. The van der Waals surface area contributed by atoms with E-state index in [1.165, 1.54) is 33.3 Å². The third-order valence-corrected chi connectivity index (χ3v) is 14.2. The Kier molecular flexibility index (Phi) is 17.8. The summed E-state index contributed by atoms with van der Waals surface area (Å²) in [5, 5.41) is 13.1. The largest absolute Gasteiger partial charge is 0.497 e. The average molecular weight is 1140 g/mol.